The molecule has 0 saturated carbocycles. The summed E-state index contributed by atoms with van der Waals surface area (Å²) >= 11 is 5.39. The van der Waals surface area contributed by atoms with Gasteiger partial charge in [-0.05, 0) is 19.1 Å². The van der Waals surface area contributed by atoms with Gasteiger partial charge in [-0.2, -0.15) is 0 Å². The third kappa shape index (κ3) is 3.96. The zero-order chi connectivity index (χ0) is 12.8. The summed E-state index contributed by atoms with van der Waals surface area (Å²) in [5.41, 5.74) is 6.54. The van der Waals surface area contributed by atoms with E-state index in [4.69, 9.17) is 22.2 Å². The molecule has 0 aliphatic heterocycles. The van der Waals surface area contributed by atoms with Crippen LogP contribution in [0.15, 0.2) is 24.3 Å². The molecule has 2 N–H and O–H groups in total. The summed E-state index contributed by atoms with van der Waals surface area (Å²) < 4.78 is 0. The average Bonchev–Trinajstić information content (AvgIpc) is 2.27. The highest BCUT2D eigenvalue weighted by Gasteiger charge is 2.17. The smallest absolute Gasteiger partial charge is 0.349 e. The molecule has 0 aromatic heterocycles. The first-order valence-electron chi connectivity index (χ1n) is 4.97. The molecule has 5 nitrogen and oxygen atoms in total. The number of hydroxylamine groups is 1. The summed E-state index contributed by atoms with van der Waals surface area (Å²) in [5.74, 6) is -0.487. The number of primary amides is 1. The number of urea groups is 1. The average molecular weight is 257 g/mol. The summed E-state index contributed by atoms with van der Waals surface area (Å²) in [6.45, 7) is 1.90. The molecule has 2 amide bonds. The maximum Gasteiger partial charge on any atom is 0.352 e. The highest BCUT2D eigenvalue weighted by Crippen LogP contribution is 2.15. The van der Waals surface area contributed by atoms with Gasteiger partial charge in [-0.3, -0.25) is 0 Å². The number of amides is 2. The lowest BCUT2D eigenvalue weighted by Gasteiger charge is -2.18. The maximum atomic E-state index is 11.2. The van der Waals surface area contributed by atoms with E-state index in [1.54, 1.807) is 24.3 Å². The van der Waals surface area contributed by atoms with E-state index in [0.717, 1.165) is 10.6 Å². The van der Waals surface area contributed by atoms with Crippen LogP contribution in [0.3, 0.4) is 0 Å². The third-order valence-corrected chi connectivity index (χ3v) is 2.15. The van der Waals surface area contributed by atoms with Gasteiger partial charge < -0.3 is 10.6 Å². The van der Waals surface area contributed by atoms with Crippen molar-refractivity contribution in [1.29, 1.82) is 0 Å². The van der Waals surface area contributed by atoms with Crippen LogP contribution >= 0.6 is 11.6 Å². The predicted octanol–water partition coefficient (Wildman–Crippen LogP) is 1.97. The number of nitrogens with zero attached hydrogens (tertiary/aromatic N) is 1. The Labute approximate surface area is 104 Å². The van der Waals surface area contributed by atoms with E-state index in [0.29, 0.717) is 5.69 Å². The van der Waals surface area contributed by atoms with Crippen LogP contribution in [0.25, 0.3) is 0 Å². The number of anilines is 1. The summed E-state index contributed by atoms with van der Waals surface area (Å²) in [6, 6.07) is 5.96. The van der Waals surface area contributed by atoms with Gasteiger partial charge in [0.2, 0.25) is 0 Å². The van der Waals surface area contributed by atoms with Gasteiger partial charge in [-0.15, -0.1) is 16.7 Å². The number of carbonyl (C=O) groups excluding carboxylic acids is 2. The van der Waals surface area contributed by atoms with Gasteiger partial charge in [0.1, 0.15) is 0 Å². The number of hydrogen-bond donors (Lipinski definition) is 1. The van der Waals surface area contributed by atoms with Crippen LogP contribution in [0, 0.1) is 6.92 Å². The first-order valence-corrected chi connectivity index (χ1v) is 5.51. The predicted molar refractivity (Wildman–Crippen MR) is 64.7 cm³/mol. The molecule has 0 radical (unpaired) electrons. The third-order valence-electron chi connectivity index (χ3n) is 1.96. The Hall–Kier alpha value is -1.75. The van der Waals surface area contributed by atoms with Crippen LogP contribution in [0.4, 0.5) is 10.5 Å². The SMILES string of the molecule is Cc1ccc(N(OC(=O)CCCl)C(N)=O)cc1. The Morgan fingerprint density at radius 2 is 1.94 bits per heavy atom. The van der Waals surface area contributed by atoms with Gasteiger partial charge in [0.05, 0.1) is 12.1 Å². The highest BCUT2D eigenvalue weighted by molar-refractivity contribution is 6.18. The fourth-order valence-electron chi connectivity index (χ4n) is 1.13. The van der Waals surface area contributed by atoms with Crippen LogP contribution in [0.5, 0.6) is 0 Å². The number of nitrogens with two attached hydrogens (primary N) is 1. The molecule has 1 rings (SSSR count). The number of benzene rings is 1. The molecule has 1 aromatic rings. The molecule has 17 heavy (non-hydrogen) atoms. The van der Waals surface area contributed by atoms with Gasteiger partial charge in [0.15, 0.2) is 0 Å². The lowest BCUT2D eigenvalue weighted by molar-refractivity contribution is -0.143. The van der Waals surface area contributed by atoms with E-state index in [9.17, 15) is 9.59 Å². The molecular weight excluding hydrogens is 244 g/mol. The van der Waals surface area contributed by atoms with Crippen molar-refractivity contribution in [3.63, 3.8) is 0 Å². The first-order chi connectivity index (χ1) is 8.04. The van der Waals surface area contributed by atoms with Crippen LogP contribution in [0.1, 0.15) is 12.0 Å². The van der Waals surface area contributed by atoms with Crippen molar-refractivity contribution in [2.45, 2.75) is 13.3 Å². The Balaban J connectivity index is 2.82. The van der Waals surface area contributed by atoms with Crippen molar-refractivity contribution >= 4 is 29.3 Å². The standard InChI is InChI=1S/C11H13ClN2O3/c1-8-2-4-9(5-3-8)14(11(13)16)17-10(15)6-7-12/h2-5H,6-7H2,1H3,(H2,13,16). The normalized spacial score (nSPS) is 9.76. The Morgan fingerprint density at radius 1 is 1.35 bits per heavy atom. The second kappa shape index (κ2) is 6.10. The van der Waals surface area contributed by atoms with Crippen molar-refractivity contribution in [2.75, 3.05) is 10.9 Å². The lowest BCUT2D eigenvalue weighted by atomic mass is 10.2. The number of aryl methyl sites for hydroxylation is 1. The Morgan fingerprint density at radius 3 is 2.41 bits per heavy atom. The summed E-state index contributed by atoms with van der Waals surface area (Å²) in [5, 5.41) is 0.744. The summed E-state index contributed by atoms with van der Waals surface area (Å²) in [4.78, 5) is 27.2. The second-order valence-electron chi connectivity index (χ2n) is 3.37. The number of carbonyl (C=O) groups is 2. The quantitative estimate of drug-likeness (QED) is 0.664. The van der Waals surface area contributed by atoms with Crippen LogP contribution in [-0.4, -0.2) is 17.9 Å². The van der Waals surface area contributed by atoms with E-state index >= 15 is 0 Å². The minimum Gasteiger partial charge on any atom is -0.349 e. The molecular formula is C11H13ClN2O3. The fourth-order valence-corrected chi connectivity index (χ4v) is 1.28. The zero-order valence-corrected chi connectivity index (χ0v) is 10.1. The minimum atomic E-state index is -0.864. The molecule has 0 aliphatic rings. The topological polar surface area (TPSA) is 72.6 Å². The van der Waals surface area contributed by atoms with E-state index in [2.05, 4.69) is 0 Å². The second-order valence-corrected chi connectivity index (χ2v) is 3.75. The van der Waals surface area contributed by atoms with Crippen LogP contribution in [-0.2, 0) is 9.63 Å². The van der Waals surface area contributed by atoms with Gasteiger partial charge in [-0.25, -0.2) is 9.59 Å². The van der Waals surface area contributed by atoms with Crippen molar-refractivity contribution in [3.8, 4) is 0 Å². The van der Waals surface area contributed by atoms with Crippen molar-refractivity contribution < 1.29 is 14.4 Å². The largest absolute Gasteiger partial charge is 0.352 e. The number of hydrogen-bond acceptors (Lipinski definition) is 3. The monoisotopic (exact) mass is 256 g/mol. The summed E-state index contributed by atoms with van der Waals surface area (Å²) in [7, 11) is 0. The van der Waals surface area contributed by atoms with E-state index in [-0.39, 0.29) is 12.3 Å². The van der Waals surface area contributed by atoms with Gasteiger partial charge in [-0.1, -0.05) is 17.7 Å². The molecule has 0 aliphatic carbocycles. The molecule has 6 heteroatoms. The highest BCUT2D eigenvalue weighted by atomic mass is 35.5. The van der Waals surface area contributed by atoms with Crippen molar-refractivity contribution in [3.05, 3.63) is 29.8 Å². The van der Waals surface area contributed by atoms with Gasteiger partial charge in [0.25, 0.3) is 0 Å². The molecule has 0 spiro atoms. The van der Waals surface area contributed by atoms with E-state index in [1.807, 2.05) is 6.92 Å². The zero-order valence-electron chi connectivity index (χ0n) is 9.35. The van der Waals surface area contributed by atoms with E-state index < -0.39 is 12.0 Å². The van der Waals surface area contributed by atoms with Crippen molar-refractivity contribution in [2.24, 2.45) is 5.73 Å². The Kier molecular flexibility index (Phi) is 4.78. The van der Waals surface area contributed by atoms with Gasteiger partial charge >= 0.3 is 12.0 Å². The van der Waals surface area contributed by atoms with Crippen LogP contribution in [0.2, 0.25) is 0 Å². The number of halogens is 1. The molecule has 92 valence electrons. The minimum absolute atomic E-state index is 0.0111. The molecule has 0 saturated heterocycles. The molecule has 0 unspecified atom stereocenters. The molecule has 1 aromatic carbocycles. The molecule has 0 fully saturated rings. The number of alkyl halides is 1. The Bertz CT molecular complexity index is 406. The molecule has 0 heterocycles. The number of rotatable bonds is 3. The summed E-state index contributed by atoms with van der Waals surface area (Å²) in [6.07, 6.45) is 0.0111. The van der Waals surface area contributed by atoms with Gasteiger partial charge in [0, 0.05) is 5.88 Å². The van der Waals surface area contributed by atoms with Crippen molar-refractivity contribution in [1.82, 2.24) is 0 Å². The van der Waals surface area contributed by atoms with Crippen LogP contribution < -0.4 is 10.8 Å². The fraction of sp³-hybridized carbons (Fsp3) is 0.273. The first kappa shape index (κ1) is 13.3. The molecule has 0 atom stereocenters. The molecule has 0 bridgehead atoms. The van der Waals surface area contributed by atoms with E-state index in [1.165, 1.54) is 0 Å². The lowest BCUT2D eigenvalue weighted by Crippen LogP contribution is -2.37. The maximum absolute atomic E-state index is 11.2.